The first kappa shape index (κ1) is 21.3. The van der Waals surface area contributed by atoms with E-state index >= 15 is 0 Å². The van der Waals surface area contributed by atoms with Crippen molar-refractivity contribution < 1.29 is 13.2 Å². The van der Waals surface area contributed by atoms with Crippen molar-refractivity contribution in [3.63, 3.8) is 0 Å². The molecule has 0 radical (unpaired) electrons. The molecule has 0 unspecified atom stereocenters. The molecule has 1 heterocycles. The third kappa shape index (κ3) is 4.27. The highest BCUT2D eigenvalue weighted by atomic mass is 35.5. The number of rotatable bonds is 5. The minimum absolute atomic E-state index is 0.0444. The van der Waals surface area contributed by atoms with E-state index in [9.17, 15) is 13.2 Å². The first-order valence-electron chi connectivity index (χ1n) is 10.5. The molecule has 2 aromatic carbocycles. The van der Waals surface area contributed by atoms with Gasteiger partial charge < -0.3 is 5.32 Å². The molecule has 1 amide bonds. The van der Waals surface area contributed by atoms with Gasteiger partial charge in [-0.15, -0.1) is 0 Å². The molecule has 1 atom stereocenters. The van der Waals surface area contributed by atoms with Crippen LogP contribution in [-0.2, 0) is 27.7 Å². The van der Waals surface area contributed by atoms with E-state index in [1.807, 2.05) is 43.3 Å². The number of hydrogen-bond acceptors (Lipinski definition) is 3. The third-order valence-corrected chi connectivity index (χ3v) is 8.50. The van der Waals surface area contributed by atoms with Gasteiger partial charge in [0.2, 0.25) is 15.9 Å². The van der Waals surface area contributed by atoms with Crippen molar-refractivity contribution >= 4 is 27.5 Å². The van der Waals surface area contributed by atoms with Crippen LogP contribution in [0.3, 0.4) is 0 Å². The summed E-state index contributed by atoms with van der Waals surface area (Å²) in [4.78, 5) is 13.1. The number of halogens is 1. The molecule has 7 heteroatoms. The molecule has 160 valence electrons. The van der Waals surface area contributed by atoms with Crippen LogP contribution in [0.25, 0.3) is 0 Å². The van der Waals surface area contributed by atoms with Gasteiger partial charge in [0, 0.05) is 24.0 Å². The lowest BCUT2D eigenvalue weighted by Gasteiger charge is -2.31. The second kappa shape index (κ2) is 8.69. The Morgan fingerprint density at radius 3 is 2.53 bits per heavy atom. The minimum atomic E-state index is -3.52. The van der Waals surface area contributed by atoms with E-state index < -0.39 is 10.0 Å². The zero-order valence-electron chi connectivity index (χ0n) is 17.1. The van der Waals surface area contributed by atoms with Gasteiger partial charge >= 0.3 is 0 Å². The lowest BCUT2D eigenvalue weighted by Crippen LogP contribution is -2.43. The van der Waals surface area contributed by atoms with Crippen molar-refractivity contribution in [1.29, 1.82) is 0 Å². The Hall–Kier alpha value is -1.89. The quantitative estimate of drug-likeness (QED) is 0.751. The van der Waals surface area contributed by atoms with Gasteiger partial charge in [-0.25, -0.2) is 8.42 Å². The summed E-state index contributed by atoms with van der Waals surface area (Å²) in [6.45, 7) is 2.63. The van der Waals surface area contributed by atoms with Gasteiger partial charge in [0.1, 0.15) is 0 Å². The largest absolute Gasteiger partial charge is 0.349 e. The molecule has 30 heavy (non-hydrogen) atoms. The summed E-state index contributed by atoms with van der Waals surface area (Å²) in [6, 6.07) is 12.8. The van der Waals surface area contributed by atoms with Crippen LogP contribution in [0.4, 0.5) is 0 Å². The van der Waals surface area contributed by atoms with E-state index in [4.69, 9.17) is 11.6 Å². The van der Waals surface area contributed by atoms with E-state index in [0.29, 0.717) is 35.8 Å². The molecular weight excluding hydrogens is 420 g/mol. The predicted molar refractivity (Wildman–Crippen MR) is 118 cm³/mol. The molecule has 1 saturated heterocycles. The van der Waals surface area contributed by atoms with Crippen molar-refractivity contribution in [2.24, 2.45) is 5.92 Å². The highest BCUT2D eigenvalue weighted by molar-refractivity contribution is 7.89. The van der Waals surface area contributed by atoms with Crippen molar-refractivity contribution in [3.8, 4) is 0 Å². The average molecular weight is 447 g/mol. The Labute approximate surface area is 183 Å². The highest BCUT2D eigenvalue weighted by Crippen LogP contribution is 2.29. The van der Waals surface area contributed by atoms with Gasteiger partial charge in [-0.3, -0.25) is 4.79 Å². The molecule has 2 aromatic rings. The molecule has 0 bridgehead atoms. The molecule has 1 aliphatic carbocycles. The number of fused-ring (bicyclic) bond motifs is 1. The maximum Gasteiger partial charge on any atom is 0.243 e. The second-order valence-electron chi connectivity index (χ2n) is 8.21. The number of aryl methyl sites for hydroxylation is 2. The standard InChI is InChI=1S/C23H27ClN2O3S/c1-16(21-7-2-3-8-22(21)24)25-23(27)18-11-13-26(14-12-18)30(28,29)20-10-9-17-5-4-6-19(17)15-20/h2-3,7-10,15-16,18H,4-6,11-14H2,1H3,(H,25,27)/t16-/m0/s1. The summed E-state index contributed by atoms with van der Waals surface area (Å²) in [5.41, 5.74) is 3.29. The average Bonchev–Trinajstić information content (AvgIpc) is 3.22. The van der Waals surface area contributed by atoms with Crippen LogP contribution in [0.5, 0.6) is 0 Å². The zero-order chi connectivity index (χ0) is 21.3. The van der Waals surface area contributed by atoms with Crippen LogP contribution in [-0.4, -0.2) is 31.7 Å². The van der Waals surface area contributed by atoms with Crippen LogP contribution in [0.15, 0.2) is 47.4 Å². The molecule has 1 fully saturated rings. The highest BCUT2D eigenvalue weighted by Gasteiger charge is 2.33. The van der Waals surface area contributed by atoms with Gasteiger partial charge in [-0.05, 0) is 73.9 Å². The normalized spacial score (nSPS) is 18.7. The molecular formula is C23H27ClN2O3S. The Morgan fingerprint density at radius 2 is 1.80 bits per heavy atom. The lowest BCUT2D eigenvalue weighted by atomic mass is 9.96. The monoisotopic (exact) mass is 446 g/mol. The fourth-order valence-electron chi connectivity index (χ4n) is 4.45. The maximum absolute atomic E-state index is 13.1. The van der Waals surface area contributed by atoms with Crippen LogP contribution >= 0.6 is 11.6 Å². The number of carbonyl (C=O) groups is 1. The Kier molecular flexibility index (Phi) is 6.19. The summed E-state index contributed by atoms with van der Waals surface area (Å²) in [5, 5.41) is 3.65. The van der Waals surface area contributed by atoms with Gasteiger partial charge in [-0.2, -0.15) is 4.31 Å². The molecule has 1 aliphatic heterocycles. The topological polar surface area (TPSA) is 66.5 Å². The first-order valence-corrected chi connectivity index (χ1v) is 12.3. The molecule has 0 saturated carbocycles. The van der Waals surface area contributed by atoms with Crippen molar-refractivity contribution in [2.75, 3.05) is 13.1 Å². The molecule has 4 rings (SSSR count). The summed E-state index contributed by atoms with van der Waals surface area (Å²) in [6.07, 6.45) is 4.11. The minimum Gasteiger partial charge on any atom is -0.349 e. The SMILES string of the molecule is C[C@H](NC(=O)C1CCN(S(=O)(=O)c2ccc3c(c2)CCC3)CC1)c1ccccc1Cl. The van der Waals surface area contributed by atoms with E-state index in [1.54, 1.807) is 6.07 Å². The number of benzene rings is 2. The van der Waals surface area contributed by atoms with Gasteiger partial charge in [0.15, 0.2) is 0 Å². The number of piperidine rings is 1. The number of nitrogens with zero attached hydrogens (tertiary/aromatic N) is 1. The Morgan fingerprint density at radius 1 is 1.10 bits per heavy atom. The molecule has 0 aromatic heterocycles. The van der Waals surface area contributed by atoms with Crippen molar-refractivity contribution in [1.82, 2.24) is 9.62 Å². The lowest BCUT2D eigenvalue weighted by molar-refractivity contribution is -0.126. The molecule has 5 nitrogen and oxygen atoms in total. The second-order valence-corrected chi connectivity index (χ2v) is 10.6. The van der Waals surface area contributed by atoms with E-state index in [1.165, 1.54) is 9.87 Å². The van der Waals surface area contributed by atoms with Gasteiger partial charge in [0.05, 0.1) is 10.9 Å². The third-order valence-electron chi connectivity index (χ3n) is 6.26. The molecule has 2 aliphatic rings. The smallest absolute Gasteiger partial charge is 0.243 e. The number of amides is 1. The number of carbonyl (C=O) groups excluding carboxylic acids is 1. The molecule has 1 N–H and O–H groups in total. The zero-order valence-corrected chi connectivity index (χ0v) is 18.7. The van der Waals surface area contributed by atoms with E-state index in [-0.39, 0.29) is 17.9 Å². The predicted octanol–water partition coefficient (Wildman–Crippen LogP) is 4.11. The van der Waals surface area contributed by atoms with Crippen LogP contribution in [0.2, 0.25) is 5.02 Å². The fourth-order valence-corrected chi connectivity index (χ4v) is 6.27. The van der Waals surface area contributed by atoms with Crippen LogP contribution < -0.4 is 5.32 Å². The summed E-state index contributed by atoms with van der Waals surface area (Å²) in [5.74, 6) is -0.238. The summed E-state index contributed by atoms with van der Waals surface area (Å²) < 4.78 is 27.7. The number of sulfonamides is 1. The number of nitrogens with one attached hydrogen (secondary N) is 1. The molecule has 0 spiro atoms. The summed E-state index contributed by atoms with van der Waals surface area (Å²) in [7, 11) is -3.52. The fraction of sp³-hybridized carbons (Fsp3) is 0.435. The van der Waals surface area contributed by atoms with Crippen LogP contribution in [0, 0.1) is 5.92 Å². The Bertz CT molecular complexity index is 1050. The van der Waals surface area contributed by atoms with E-state index in [0.717, 1.165) is 30.4 Å². The first-order chi connectivity index (χ1) is 14.4. The number of hydrogen-bond donors (Lipinski definition) is 1. The van der Waals surface area contributed by atoms with Gasteiger partial charge in [0.25, 0.3) is 0 Å². The van der Waals surface area contributed by atoms with Crippen molar-refractivity contribution in [2.45, 2.75) is 50.0 Å². The van der Waals surface area contributed by atoms with Gasteiger partial charge in [-0.1, -0.05) is 35.9 Å². The Balaban J connectivity index is 1.37. The van der Waals surface area contributed by atoms with Crippen LogP contribution in [0.1, 0.15) is 48.9 Å². The maximum atomic E-state index is 13.1. The summed E-state index contributed by atoms with van der Waals surface area (Å²) >= 11 is 6.23. The van der Waals surface area contributed by atoms with E-state index in [2.05, 4.69) is 5.32 Å². The van der Waals surface area contributed by atoms with Crippen molar-refractivity contribution in [3.05, 3.63) is 64.2 Å².